The molecule has 0 amide bonds. The van der Waals surface area contributed by atoms with Crippen LogP contribution in [0.2, 0.25) is 0 Å². The summed E-state index contributed by atoms with van der Waals surface area (Å²) in [5.41, 5.74) is 4.91. The van der Waals surface area contributed by atoms with Crippen molar-refractivity contribution < 1.29 is 14.3 Å². The van der Waals surface area contributed by atoms with Gasteiger partial charge in [0.15, 0.2) is 0 Å². The van der Waals surface area contributed by atoms with E-state index >= 15 is 0 Å². The average Bonchev–Trinajstić information content (AvgIpc) is 2.22. The van der Waals surface area contributed by atoms with Gasteiger partial charge >= 0.3 is 12.0 Å². The number of hydrogen-bond donors (Lipinski definition) is 1. The van der Waals surface area contributed by atoms with E-state index < -0.39 is 11.5 Å². The largest absolute Gasteiger partial charge is 0.468 e. The highest BCUT2D eigenvalue weighted by Gasteiger charge is 2.12. The molecule has 0 aliphatic heterocycles. The van der Waals surface area contributed by atoms with Crippen molar-refractivity contribution in [1.29, 1.82) is 0 Å². The maximum absolute atomic E-state index is 11.5. The van der Waals surface area contributed by atoms with E-state index in [0.717, 1.165) is 10.6 Å². The molecule has 0 aliphatic rings. The maximum Gasteiger partial charge on any atom is 0.326 e. The molecule has 2 N–H and O–H groups in total. The molecule has 0 fully saturated rings. The standard InChI is InChI=1S/C9H13N3O4/c1-3-16-8(14)5-12-7(13)4-6(10)11-9(12)15-2/h4H,3,5,10H2,1-2H3. The second-order valence-corrected chi connectivity index (χ2v) is 2.90. The molecule has 0 aliphatic carbocycles. The number of rotatable bonds is 4. The Kier molecular flexibility index (Phi) is 3.87. The molecule has 88 valence electrons. The highest BCUT2D eigenvalue weighted by atomic mass is 16.5. The van der Waals surface area contributed by atoms with E-state index in [1.165, 1.54) is 7.11 Å². The van der Waals surface area contributed by atoms with E-state index in [0.29, 0.717) is 0 Å². The molecule has 7 nitrogen and oxygen atoms in total. The van der Waals surface area contributed by atoms with Gasteiger partial charge in [0.25, 0.3) is 5.56 Å². The maximum atomic E-state index is 11.5. The fraction of sp³-hybridized carbons (Fsp3) is 0.444. The SMILES string of the molecule is CCOC(=O)Cn1c(OC)nc(N)cc1=O. The van der Waals surface area contributed by atoms with Crippen LogP contribution in [0.1, 0.15) is 6.92 Å². The summed E-state index contributed by atoms with van der Waals surface area (Å²) in [5.74, 6) is -0.489. The lowest BCUT2D eigenvalue weighted by atomic mass is 10.5. The van der Waals surface area contributed by atoms with Crippen molar-refractivity contribution in [3.8, 4) is 6.01 Å². The van der Waals surface area contributed by atoms with Crippen LogP contribution in [0.5, 0.6) is 6.01 Å². The molecule has 7 heteroatoms. The lowest BCUT2D eigenvalue weighted by Crippen LogP contribution is -2.27. The molecule has 0 saturated heterocycles. The Hall–Kier alpha value is -2.05. The predicted octanol–water partition coefficient (Wildman–Crippen LogP) is -0.603. The summed E-state index contributed by atoms with van der Waals surface area (Å²) in [6.07, 6.45) is 0. The fourth-order valence-electron chi connectivity index (χ4n) is 1.14. The van der Waals surface area contributed by atoms with E-state index in [4.69, 9.17) is 15.2 Å². The van der Waals surface area contributed by atoms with Gasteiger partial charge in [-0.2, -0.15) is 4.98 Å². The Morgan fingerprint density at radius 3 is 2.88 bits per heavy atom. The molecule has 1 aromatic heterocycles. The first kappa shape index (κ1) is 12.0. The number of esters is 1. The van der Waals surface area contributed by atoms with E-state index in [1.807, 2.05) is 0 Å². The second kappa shape index (κ2) is 5.15. The summed E-state index contributed by atoms with van der Waals surface area (Å²) in [4.78, 5) is 26.5. The lowest BCUT2D eigenvalue weighted by Gasteiger charge is -2.09. The van der Waals surface area contributed by atoms with Crippen molar-refractivity contribution in [3.05, 3.63) is 16.4 Å². The van der Waals surface area contributed by atoms with Crippen molar-refractivity contribution in [2.24, 2.45) is 0 Å². The summed E-state index contributed by atoms with van der Waals surface area (Å²) in [7, 11) is 1.34. The zero-order chi connectivity index (χ0) is 12.1. The number of carbonyl (C=O) groups excluding carboxylic acids is 1. The minimum atomic E-state index is -0.533. The molecule has 16 heavy (non-hydrogen) atoms. The van der Waals surface area contributed by atoms with Gasteiger partial charge in [0, 0.05) is 6.07 Å². The first-order valence-electron chi connectivity index (χ1n) is 4.65. The smallest absolute Gasteiger partial charge is 0.326 e. The molecule has 0 saturated carbocycles. The molecular formula is C9H13N3O4. The van der Waals surface area contributed by atoms with Gasteiger partial charge in [0.1, 0.15) is 12.4 Å². The third-order valence-corrected chi connectivity index (χ3v) is 1.77. The minimum Gasteiger partial charge on any atom is -0.468 e. The second-order valence-electron chi connectivity index (χ2n) is 2.90. The Bertz CT molecular complexity index is 441. The topological polar surface area (TPSA) is 96.4 Å². The van der Waals surface area contributed by atoms with E-state index in [9.17, 15) is 9.59 Å². The number of aromatic nitrogens is 2. The first-order chi connectivity index (χ1) is 7.58. The number of nitrogens with zero attached hydrogens (tertiary/aromatic N) is 2. The molecular weight excluding hydrogens is 214 g/mol. The number of hydrogen-bond acceptors (Lipinski definition) is 6. The highest BCUT2D eigenvalue weighted by Crippen LogP contribution is 2.05. The van der Waals surface area contributed by atoms with Crippen LogP contribution in [0.3, 0.4) is 0 Å². The monoisotopic (exact) mass is 227 g/mol. The molecule has 0 aromatic carbocycles. The number of carbonyl (C=O) groups is 1. The summed E-state index contributed by atoms with van der Waals surface area (Å²) in [6, 6.07) is 1.10. The van der Waals surface area contributed by atoms with Crippen LogP contribution in [0.4, 0.5) is 5.82 Å². The fourth-order valence-corrected chi connectivity index (χ4v) is 1.14. The third kappa shape index (κ3) is 2.72. The molecule has 1 rings (SSSR count). The lowest BCUT2D eigenvalue weighted by molar-refractivity contribution is -0.144. The van der Waals surface area contributed by atoms with Gasteiger partial charge in [-0.15, -0.1) is 0 Å². The normalized spacial score (nSPS) is 9.88. The number of anilines is 1. The molecule has 0 atom stereocenters. The van der Waals surface area contributed by atoms with E-state index in [1.54, 1.807) is 6.92 Å². The van der Waals surface area contributed by atoms with Crippen molar-refractivity contribution in [3.63, 3.8) is 0 Å². The highest BCUT2D eigenvalue weighted by molar-refractivity contribution is 5.69. The number of methoxy groups -OCH3 is 1. The summed E-state index contributed by atoms with van der Waals surface area (Å²) >= 11 is 0. The van der Waals surface area contributed by atoms with Gasteiger partial charge < -0.3 is 15.2 Å². The summed E-state index contributed by atoms with van der Waals surface area (Å²) < 4.78 is 10.6. The van der Waals surface area contributed by atoms with E-state index in [-0.39, 0.29) is 25.0 Å². The Labute approximate surface area is 91.8 Å². The Morgan fingerprint density at radius 2 is 2.31 bits per heavy atom. The molecule has 0 radical (unpaired) electrons. The quantitative estimate of drug-likeness (QED) is 0.690. The molecule has 1 heterocycles. The van der Waals surface area contributed by atoms with Crippen LogP contribution in [0.25, 0.3) is 0 Å². The van der Waals surface area contributed by atoms with Crippen molar-refractivity contribution in [2.45, 2.75) is 13.5 Å². The Balaban J connectivity index is 3.03. The van der Waals surface area contributed by atoms with Crippen LogP contribution in [-0.2, 0) is 16.1 Å². The summed E-state index contributed by atoms with van der Waals surface area (Å²) in [5, 5.41) is 0. The van der Waals surface area contributed by atoms with Crippen molar-refractivity contribution in [2.75, 3.05) is 19.5 Å². The van der Waals surface area contributed by atoms with Crippen LogP contribution in [-0.4, -0.2) is 29.2 Å². The van der Waals surface area contributed by atoms with Crippen molar-refractivity contribution in [1.82, 2.24) is 9.55 Å². The number of nitrogens with two attached hydrogens (primary N) is 1. The van der Waals surface area contributed by atoms with Gasteiger partial charge in [-0.05, 0) is 6.92 Å². The van der Waals surface area contributed by atoms with Gasteiger partial charge in [-0.3, -0.25) is 14.2 Å². The Morgan fingerprint density at radius 1 is 1.62 bits per heavy atom. The zero-order valence-electron chi connectivity index (χ0n) is 9.10. The van der Waals surface area contributed by atoms with Crippen LogP contribution >= 0.6 is 0 Å². The molecule has 0 spiro atoms. The summed E-state index contributed by atoms with van der Waals surface area (Å²) in [6.45, 7) is 1.68. The average molecular weight is 227 g/mol. The predicted molar refractivity (Wildman–Crippen MR) is 56.1 cm³/mol. The van der Waals surface area contributed by atoms with Gasteiger partial charge in [-0.25, -0.2) is 0 Å². The van der Waals surface area contributed by atoms with Gasteiger partial charge in [0.2, 0.25) is 0 Å². The first-order valence-corrected chi connectivity index (χ1v) is 4.65. The molecule has 0 unspecified atom stereocenters. The number of nitrogen functional groups attached to an aromatic ring is 1. The van der Waals surface area contributed by atoms with Crippen molar-refractivity contribution >= 4 is 11.8 Å². The van der Waals surface area contributed by atoms with Gasteiger partial charge in [0.05, 0.1) is 13.7 Å². The van der Waals surface area contributed by atoms with Gasteiger partial charge in [-0.1, -0.05) is 0 Å². The van der Waals surface area contributed by atoms with Crippen LogP contribution < -0.4 is 16.0 Å². The molecule has 0 bridgehead atoms. The van der Waals surface area contributed by atoms with Crippen LogP contribution in [0, 0.1) is 0 Å². The van der Waals surface area contributed by atoms with E-state index in [2.05, 4.69) is 4.98 Å². The number of ether oxygens (including phenoxy) is 2. The zero-order valence-corrected chi connectivity index (χ0v) is 9.10. The van der Waals surface area contributed by atoms with Crippen LogP contribution in [0.15, 0.2) is 10.9 Å². The molecule has 1 aromatic rings. The third-order valence-electron chi connectivity index (χ3n) is 1.77. The minimum absolute atomic E-state index is 0.0157.